The molecule has 9 heteroatoms. The summed E-state index contributed by atoms with van der Waals surface area (Å²) >= 11 is 0. The maximum Gasteiger partial charge on any atom is 0.331 e. The number of carbonyl (C=O) groups excluding carboxylic acids is 2. The van der Waals surface area contributed by atoms with E-state index in [0.717, 1.165) is 30.6 Å². The van der Waals surface area contributed by atoms with Gasteiger partial charge in [0.25, 0.3) is 5.91 Å². The maximum atomic E-state index is 13.0. The van der Waals surface area contributed by atoms with Gasteiger partial charge < -0.3 is 14.8 Å². The number of benzene rings is 2. The van der Waals surface area contributed by atoms with E-state index in [9.17, 15) is 18.0 Å². The average molecular weight is 487 g/mol. The first-order valence-electron chi connectivity index (χ1n) is 11.3. The standard InChI is InChI=1S/C25H30N2O6S/c1-3-32-22-12-8-20(9-13-22)10-14-25(29)33-18-24(28)26-21-11-7-19(2)23(17-21)34(30,31)27-15-5-4-6-16-27/h7-14,17H,3-6,15-16,18H2,1-2H3,(H,26,28)/b14-10+. The van der Waals surface area contributed by atoms with Gasteiger partial charge in [0.15, 0.2) is 6.61 Å². The summed E-state index contributed by atoms with van der Waals surface area (Å²) in [6.07, 6.45) is 5.52. The minimum Gasteiger partial charge on any atom is -0.494 e. The van der Waals surface area contributed by atoms with Crippen molar-refractivity contribution in [1.82, 2.24) is 4.31 Å². The van der Waals surface area contributed by atoms with Crippen molar-refractivity contribution in [2.75, 3.05) is 31.6 Å². The summed E-state index contributed by atoms with van der Waals surface area (Å²) < 4.78 is 37.9. The normalized spacial score (nSPS) is 14.6. The summed E-state index contributed by atoms with van der Waals surface area (Å²) in [6, 6.07) is 11.9. The van der Waals surface area contributed by atoms with Crippen LogP contribution >= 0.6 is 0 Å². The lowest BCUT2D eigenvalue weighted by molar-refractivity contribution is -0.142. The zero-order valence-corrected chi connectivity index (χ0v) is 20.3. The van der Waals surface area contributed by atoms with Gasteiger partial charge in [0.2, 0.25) is 10.0 Å². The van der Waals surface area contributed by atoms with Gasteiger partial charge in [-0.15, -0.1) is 0 Å². The predicted molar refractivity (Wildman–Crippen MR) is 130 cm³/mol. The monoisotopic (exact) mass is 486 g/mol. The van der Waals surface area contributed by atoms with Crippen LogP contribution in [0.15, 0.2) is 53.4 Å². The topological polar surface area (TPSA) is 102 Å². The number of amides is 1. The minimum atomic E-state index is -3.64. The molecule has 0 unspecified atom stereocenters. The summed E-state index contributed by atoms with van der Waals surface area (Å²) in [5, 5.41) is 2.59. The number of nitrogens with one attached hydrogen (secondary N) is 1. The quantitative estimate of drug-likeness (QED) is 0.428. The first-order chi connectivity index (χ1) is 16.3. The molecule has 1 saturated heterocycles. The van der Waals surface area contributed by atoms with Crippen LogP contribution in [0.4, 0.5) is 5.69 Å². The van der Waals surface area contributed by atoms with Gasteiger partial charge in [-0.2, -0.15) is 4.31 Å². The van der Waals surface area contributed by atoms with Gasteiger partial charge in [0.05, 0.1) is 11.5 Å². The molecule has 1 amide bonds. The Hall–Kier alpha value is -3.17. The van der Waals surface area contributed by atoms with Gasteiger partial charge in [0.1, 0.15) is 5.75 Å². The molecule has 0 atom stereocenters. The molecule has 34 heavy (non-hydrogen) atoms. The van der Waals surface area contributed by atoms with Crippen LogP contribution in [0.1, 0.15) is 37.3 Å². The first kappa shape index (κ1) is 25.5. The third kappa shape index (κ3) is 6.91. The molecular weight excluding hydrogens is 456 g/mol. The van der Waals surface area contributed by atoms with E-state index in [0.29, 0.717) is 30.9 Å². The molecule has 0 aromatic heterocycles. The smallest absolute Gasteiger partial charge is 0.331 e. The predicted octanol–water partition coefficient (Wildman–Crippen LogP) is 3.76. The molecule has 182 valence electrons. The minimum absolute atomic E-state index is 0.169. The fourth-order valence-corrected chi connectivity index (χ4v) is 5.36. The van der Waals surface area contributed by atoms with E-state index < -0.39 is 28.5 Å². The van der Waals surface area contributed by atoms with E-state index in [1.807, 2.05) is 6.92 Å². The Balaban J connectivity index is 1.55. The molecule has 2 aromatic carbocycles. The van der Waals surface area contributed by atoms with Crippen molar-refractivity contribution in [1.29, 1.82) is 0 Å². The summed E-state index contributed by atoms with van der Waals surface area (Å²) in [6.45, 7) is 4.70. The third-order valence-corrected chi connectivity index (χ3v) is 7.39. The molecule has 0 saturated carbocycles. The number of hydrogen-bond acceptors (Lipinski definition) is 6. The zero-order valence-electron chi connectivity index (χ0n) is 19.5. The highest BCUT2D eigenvalue weighted by Crippen LogP contribution is 2.26. The van der Waals surface area contributed by atoms with Crippen LogP contribution in [0.25, 0.3) is 6.08 Å². The third-order valence-electron chi connectivity index (χ3n) is 5.35. The van der Waals surface area contributed by atoms with Gasteiger partial charge >= 0.3 is 5.97 Å². The molecule has 8 nitrogen and oxygen atoms in total. The number of nitrogens with zero attached hydrogens (tertiary/aromatic N) is 1. The van der Waals surface area contributed by atoms with Gasteiger partial charge in [0, 0.05) is 24.9 Å². The number of anilines is 1. The van der Waals surface area contributed by atoms with E-state index >= 15 is 0 Å². The molecule has 0 bridgehead atoms. The molecule has 0 spiro atoms. The molecule has 3 rings (SSSR count). The fraction of sp³-hybridized carbons (Fsp3) is 0.360. The van der Waals surface area contributed by atoms with Crippen LogP contribution in [0.3, 0.4) is 0 Å². The van der Waals surface area contributed by atoms with Gasteiger partial charge in [-0.05, 0) is 68.2 Å². The molecule has 1 heterocycles. The Morgan fingerprint density at radius 1 is 1.06 bits per heavy atom. The van der Waals surface area contributed by atoms with Gasteiger partial charge in [-0.25, -0.2) is 13.2 Å². The average Bonchev–Trinajstić information content (AvgIpc) is 2.84. The molecule has 0 radical (unpaired) electrons. The lowest BCUT2D eigenvalue weighted by atomic mass is 10.2. The number of carbonyl (C=O) groups is 2. The van der Waals surface area contributed by atoms with E-state index in [4.69, 9.17) is 9.47 Å². The van der Waals surface area contributed by atoms with Crippen LogP contribution < -0.4 is 10.1 Å². The molecule has 0 aliphatic carbocycles. The van der Waals surface area contributed by atoms with Crippen LogP contribution in [0.5, 0.6) is 5.75 Å². The number of sulfonamides is 1. The summed E-state index contributed by atoms with van der Waals surface area (Å²) in [5.41, 5.74) is 1.72. The highest BCUT2D eigenvalue weighted by atomic mass is 32.2. The Morgan fingerprint density at radius 2 is 1.76 bits per heavy atom. The molecule has 1 fully saturated rings. The molecule has 1 aliphatic rings. The van der Waals surface area contributed by atoms with Crippen molar-refractivity contribution >= 4 is 33.7 Å². The number of ether oxygens (including phenoxy) is 2. The second kappa shape index (κ2) is 11.8. The first-order valence-corrected chi connectivity index (χ1v) is 12.7. The number of hydrogen-bond donors (Lipinski definition) is 1. The summed E-state index contributed by atoms with van der Waals surface area (Å²) in [7, 11) is -3.64. The van der Waals surface area contributed by atoms with Crippen LogP contribution in [-0.2, 0) is 24.3 Å². The molecule has 1 aliphatic heterocycles. The van der Waals surface area contributed by atoms with E-state index in [1.54, 1.807) is 49.4 Å². The summed E-state index contributed by atoms with van der Waals surface area (Å²) in [4.78, 5) is 24.4. The lowest BCUT2D eigenvalue weighted by Gasteiger charge is -2.26. The Morgan fingerprint density at radius 3 is 2.44 bits per heavy atom. The lowest BCUT2D eigenvalue weighted by Crippen LogP contribution is -2.36. The SMILES string of the molecule is CCOc1ccc(/C=C/C(=O)OCC(=O)Nc2ccc(C)c(S(=O)(=O)N3CCCCC3)c2)cc1. The Kier molecular flexibility index (Phi) is 8.84. The second-order valence-corrected chi connectivity index (χ2v) is 9.84. The Labute approximate surface area is 200 Å². The van der Waals surface area contributed by atoms with Crippen LogP contribution in [0.2, 0.25) is 0 Å². The molecule has 2 aromatic rings. The highest BCUT2D eigenvalue weighted by molar-refractivity contribution is 7.89. The van der Waals surface area contributed by atoms with Crippen LogP contribution in [0, 0.1) is 6.92 Å². The number of aryl methyl sites for hydroxylation is 1. The van der Waals surface area contributed by atoms with Crippen molar-refractivity contribution in [2.45, 2.75) is 38.0 Å². The van der Waals surface area contributed by atoms with E-state index in [2.05, 4.69) is 5.32 Å². The zero-order chi connectivity index (χ0) is 24.6. The Bertz CT molecular complexity index is 1140. The largest absolute Gasteiger partial charge is 0.494 e. The van der Waals surface area contributed by atoms with Gasteiger partial charge in [-0.1, -0.05) is 24.6 Å². The van der Waals surface area contributed by atoms with Crippen molar-refractivity contribution < 1.29 is 27.5 Å². The second-order valence-electron chi connectivity index (χ2n) is 7.94. The molecule has 1 N–H and O–H groups in total. The highest BCUT2D eigenvalue weighted by Gasteiger charge is 2.27. The van der Waals surface area contributed by atoms with Crippen LogP contribution in [-0.4, -0.2) is 50.9 Å². The number of rotatable bonds is 9. The number of piperidine rings is 1. The summed E-state index contributed by atoms with van der Waals surface area (Å²) in [5.74, 6) is -0.490. The maximum absolute atomic E-state index is 13.0. The number of esters is 1. The molecular formula is C25H30N2O6S. The van der Waals surface area contributed by atoms with Crippen molar-refractivity contribution in [3.8, 4) is 5.75 Å². The van der Waals surface area contributed by atoms with E-state index in [-0.39, 0.29) is 4.90 Å². The van der Waals surface area contributed by atoms with Gasteiger partial charge in [-0.3, -0.25) is 4.79 Å². The fourth-order valence-electron chi connectivity index (χ4n) is 3.59. The van der Waals surface area contributed by atoms with E-state index in [1.165, 1.54) is 16.4 Å². The van der Waals surface area contributed by atoms with Crippen molar-refractivity contribution in [3.05, 3.63) is 59.7 Å². The van der Waals surface area contributed by atoms with Crippen molar-refractivity contribution in [3.63, 3.8) is 0 Å². The van der Waals surface area contributed by atoms with Crippen molar-refractivity contribution in [2.24, 2.45) is 0 Å².